The van der Waals surface area contributed by atoms with Crippen molar-refractivity contribution in [3.63, 3.8) is 0 Å². The molecule has 0 unspecified atom stereocenters. The van der Waals surface area contributed by atoms with Crippen LogP contribution in [0.4, 0.5) is 26.3 Å². The zero-order valence-corrected chi connectivity index (χ0v) is 16.3. The molecule has 0 aliphatic carbocycles. The van der Waals surface area contributed by atoms with E-state index in [1.165, 1.54) is 17.0 Å². The van der Waals surface area contributed by atoms with Gasteiger partial charge in [0.15, 0.2) is 6.61 Å². The van der Waals surface area contributed by atoms with E-state index < -0.39 is 36.2 Å². The molecule has 1 fully saturated rings. The fraction of sp³-hybridized carbons (Fsp3) is 0.300. The second-order valence-corrected chi connectivity index (χ2v) is 7.22. The fourth-order valence-corrected chi connectivity index (χ4v) is 3.36. The molecule has 0 N–H and O–H groups in total. The zero-order valence-electron chi connectivity index (χ0n) is 15.5. The van der Waals surface area contributed by atoms with Crippen molar-refractivity contribution in [1.29, 1.82) is 5.26 Å². The lowest BCUT2D eigenvalue weighted by atomic mass is 9.90. The van der Waals surface area contributed by atoms with Gasteiger partial charge in [-0.1, -0.05) is 23.7 Å². The number of benzene rings is 2. The number of ether oxygens (including phenoxy) is 1. The molecular formula is C20H13ClF6N2O2. The van der Waals surface area contributed by atoms with Crippen molar-refractivity contribution in [2.45, 2.75) is 18.3 Å². The van der Waals surface area contributed by atoms with Crippen LogP contribution in [0.15, 0.2) is 36.4 Å². The summed E-state index contributed by atoms with van der Waals surface area (Å²) in [7, 11) is 0. The third-order valence-corrected chi connectivity index (χ3v) is 5.10. The summed E-state index contributed by atoms with van der Waals surface area (Å²) in [6.07, 6.45) is -9.11. The lowest BCUT2D eigenvalue weighted by molar-refractivity contribution is -0.153. The van der Waals surface area contributed by atoms with Crippen LogP contribution in [-0.4, -0.2) is 36.7 Å². The molecule has 11 heteroatoms. The third kappa shape index (κ3) is 5.05. The Morgan fingerprint density at radius 3 is 2.23 bits per heavy atom. The van der Waals surface area contributed by atoms with Crippen LogP contribution in [0.1, 0.15) is 33.0 Å². The average Bonchev–Trinajstić information content (AvgIpc) is 2.64. The molecule has 1 aliphatic heterocycles. The number of rotatable bonds is 4. The zero-order chi connectivity index (χ0) is 23.0. The summed E-state index contributed by atoms with van der Waals surface area (Å²) in [4.78, 5) is 14.1. The highest BCUT2D eigenvalue weighted by Gasteiger charge is 2.37. The van der Waals surface area contributed by atoms with Crippen molar-refractivity contribution in [3.8, 4) is 11.8 Å². The van der Waals surface area contributed by atoms with Gasteiger partial charge in [-0.2, -0.15) is 31.6 Å². The Balaban J connectivity index is 1.77. The fourth-order valence-electron chi connectivity index (χ4n) is 3.08. The van der Waals surface area contributed by atoms with E-state index in [9.17, 15) is 31.1 Å². The van der Waals surface area contributed by atoms with E-state index in [0.29, 0.717) is 5.56 Å². The predicted octanol–water partition coefficient (Wildman–Crippen LogP) is 5.41. The Kier molecular flexibility index (Phi) is 6.09. The average molecular weight is 463 g/mol. The second kappa shape index (κ2) is 8.30. The number of carbonyl (C=O) groups excluding carboxylic acids is 1. The van der Waals surface area contributed by atoms with Gasteiger partial charge in [-0.3, -0.25) is 4.79 Å². The smallest absolute Gasteiger partial charge is 0.422 e. The third-order valence-electron chi connectivity index (χ3n) is 4.71. The van der Waals surface area contributed by atoms with Crippen LogP contribution in [0.3, 0.4) is 0 Å². The number of carbonyl (C=O) groups is 1. The summed E-state index contributed by atoms with van der Waals surface area (Å²) in [6.45, 7) is -1.41. The Morgan fingerprint density at radius 1 is 1.10 bits per heavy atom. The van der Waals surface area contributed by atoms with E-state index in [-0.39, 0.29) is 35.2 Å². The van der Waals surface area contributed by atoms with Crippen molar-refractivity contribution >= 4 is 17.5 Å². The normalized spacial score (nSPS) is 14.7. The number of likely N-dealkylation sites (tertiary alicyclic amines) is 1. The van der Waals surface area contributed by atoms with Crippen molar-refractivity contribution in [2.24, 2.45) is 0 Å². The number of alkyl halides is 6. The Hall–Kier alpha value is -2.93. The van der Waals surface area contributed by atoms with Gasteiger partial charge in [0.2, 0.25) is 0 Å². The first-order valence-corrected chi connectivity index (χ1v) is 9.17. The molecule has 0 radical (unpaired) electrons. The Morgan fingerprint density at radius 2 is 1.71 bits per heavy atom. The highest BCUT2D eigenvalue weighted by Crippen LogP contribution is 2.36. The topological polar surface area (TPSA) is 53.3 Å². The van der Waals surface area contributed by atoms with Gasteiger partial charge in [0.05, 0.1) is 16.1 Å². The number of hydrogen-bond donors (Lipinski definition) is 0. The maximum atomic E-state index is 12.8. The maximum absolute atomic E-state index is 12.8. The van der Waals surface area contributed by atoms with E-state index in [1.54, 1.807) is 6.07 Å². The highest BCUT2D eigenvalue weighted by molar-refractivity contribution is 6.35. The minimum Gasteiger partial charge on any atom is -0.483 e. The van der Waals surface area contributed by atoms with Crippen LogP contribution in [0, 0.1) is 11.3 Å². The van der Waals surface area contributed by atoms with Crippen molar-refractivity contribution < 1.29 is 35.9 Å². The standard InChI is InChI=1S/C20H13ClF6N2O2/c21-17-12(7-28)3-6-15(31-10-19(22,23)24)16(17)18(30)29-8-13(9-29)11-1-4-14(5-2-11)20(25,26)27/h1-6,13H,8-10H2. The minimum atomic E-state index is -4.65. The summed E-state index contributed by atoms with van der Waals surface area (Å²) < 4.78 is 80.3. The molecule has 4 nitrogen and oxygen atoms in total. The lowest BCUT2D eigenvalue weighted by Gasteiger charge is -2.40. The molecule has 0 aromatic heterocycles. The van der Waals surface area contributed by atoms with Crippen LogP contribution in [-0.2, 0) is 6.18 Å². The summed E-state index contributed by atoms with van der Waals surface area (Å²) in [5, 5.41) is 8.77. The lowest BCUT2D eigenvalue weighted by Crippen LogP contribution is -2.48. The molecule has 3 rings (SSSR count). The quantitative estimate of drug-likeness (QED) is 0.571. The molecule has 0 bridgehead atoms. The molecule has 1 saturated heterocycles. The van der Waals surface area contributed by atoms with E-state index in [4.69, 9.17) is 21.6 Å². The summed E-state index contributed by atoms with van der Waals surface area (Å²) in [6, 6.07) is 8.47. The molecule has 0 atom stereocenters. The first-order chi connectivity index (χ1) is 14.4. The van der Waals surface area contributed by atoms with Crippen molar-refractivity contribution in [3.05, 3.63) is 63.7 Å². The number of hydrogen-bond acceptors (Lipinski definition) is 3. The number of nitrogens with zero attached hydrogens (tertiary/aromatic N) is 2. The van der Waals surface area contributed by atoms with E-state index >= 15 is 0 Å². The van der Waals surface area contributed by atoms with Gasteiger partial charge in [-0.05, 0) is 29.8 Å². The number of amides is 1. The predicted molar refractivity (Wildman–Crippen MR) is 97.8 cm³/mol. The van der Waals surface area contributed by atoms with Crippen LogP contribution < -0.4 is 4.74 Å². The number of halogens is 7. The van der Waals surface area contributed by atoms with E-state index in [1.807, 2.05) is 0 Å². The second-order valence-electron chi connectivity index (χ2n) is 6.84. The van der Waals surface area contributed by atoms with Gasteiger partial charge in [0, 0.05) is 19.0 Å². The van der Waals surface area contributed by atoms with Crippen molar-refractivity contribution in [2.75, 3.05) is 19.7 Å². The van der Waals surface area contributed by atoms with Crippen molar-refractivity contribution in [1.82, 2.24) is 4.90 Å². The summed E-state index contributed by atoms with van der Waals surface area (Å²) >= 11 is 6.06. The largest absolute Gasteiger partial charge is 0.483 e. The molecule has 164 valence electrons. The Bertz CT molecular complexity index is 1020. The molecule has 1 amide bonds. The highest BCUT2D eigenvalue weighted by atomic mass is 35.5. The monoisotopic (exact) mass is 462 g/mol. The van der Waals surface area contributed by atoms with Gasteiger partial charge in [-0.15, -0.1) is 0 Å². The molecule has 2 aromatic carbocycles. The summed E-state index contributed by atoms with van der Waals surface area (Å²) in [5.74, 6) is -1.39. The first-order valence-electron chi connectivity index (χ1n) is 8.79. The van der Waals surface area contributed by atoms with Gasteiger partial charge in [0.1, 0.15) is 17.4 Å². The molecule has 1 aliphatic rings. The SMILES string of the molecule is N#Cc1ccc(OCC(F)(F)F)c(C(=O)N2CC(c3ccc(C(F)(F)F)cc3)C2)c1Cl. The molecule has 1 heterocycles. The van der Waals surface area contributed by atoms with Crippen LogP contribution in [0.2, 0.25) is 5.02 Å². The molecule has 0 saturated carbocycles. The van der Waals surface area contributed by atoms with Gasteiger partial charge in [0.25, 0.3) is 5.91 Å². The van der Waals surface area contributed by atoms with E-state index in [0.717, 1.165) is 24.3 Å². The van der Waals surface area contributed by atoms with E-state index in [2.05, 4.69) is 0 Å². The Labute approximate surface area is 177 Å². The molecule has 31 heavy (non-hydrogen) atoms. The van der Waals surface area contributed by atoms with Gasteiger partial charge in [-0.25, -0.2) is 0 Å². The van der Waals surface area contributed by atoms with Gasteiger partial charge < -0.3 is 9.64 Å². The molecule has 2 aromatic rings. The van der Waals surface area contributed by atoms with Crippen LogP contribution in [0.25, 0.3) is 0 Å². The first kappa shape index (κ1) is 22.7. The minimum absolute atomic E-state index is 0.107. The maximum Gasteiger partial charge on any atom is 0.422 e. The molecule has 0 spiro atoms. The molecular weight excluding hydrogens is 450 g/mol. The van der Waals surface area contributed by atoms with Crippen LogP contribution in [0.5, 0.6) is 5.75 Å². The van der Waals surface area contributed by atoms with Gasteiger partial charge >= 0.3 is 12.4 Å². The number of nitriles is 1. The summed E-state index contributed by atoms with van der Waals surface area (Å²) in [5.41, 5.74) is -0.683. The van der Waals surface area contributed by atoms with Crippen LogP contribution >= 0.6 is 11.6 Å².